The molecule has 3 N–H and O–H groups in total. The summed E-state index contributed by atoms with van der Waals surface area (Å²) in [5, 5.41) is 3.10. The number of nitrogens with one attached hydrogen (secondary N) is 1. The van der Waals surface area contributed by atoms with E-state index in [-0.39, 0.29) is 35.5 Å². The highest BCUT2D eigenvalue weighted by atomic mass is 127. The van der Waals surface area contributed by atoms with Gasteiger partial charge in [-0.2, -0.15) is 8.78 Å². The topological polar surface area (TPSA) is 68.9 Å². The van der Waals surface area contributed by atoms with Gasteiger partial charge in [0.25, 0.3) is 0 Å². The minimum atomic E-state index is -2.90. The Kier molecular flexibility index (Phi) is 8.28. The molecule has 1 aliphatic rings. The van der Waals surface area contributed by atoms with Gasteiger partial charge in [0.1, 0.15) is 0 Å². The fourth-order valence-corrected chi connectivity index (χ4v) is 3.21. The zero-order chi connectivity index (χ0) is 19.2. The normalized spacial score (nSPS) is 13.1. The van der Waals surface area contributed by atoms with Crippen LogP contribution in [0.4, 0.5) is 14.5 Å². The van der Waals surface area contributed by atoms with Gasteiger partial charge in [-0.15, -0.1) is 24.0 Å². The lowest BCUT2D eigenvalue weighted by Crippen LogP contribution is -2.23. The number of alkyl halides is 2. The maximum atomic E-state index is 12.5. The van der Waals surface area contributed by atoms with Gasteiger partial charge >= 0.3 is 6.61 Å². The molecule has 0 heterocycles. The third-order valence-electron chi connectivity index (χ3n) is 4.50. The standard InChI is InChI=1S/C20H23F2N3O2.HI/c1-26-17-8-5-13(11-18(17)27-19(21)22)9-10-24-20(23)25-16-7-6-14-3-2-4-15(14)12-16;/h5-8,11-12,19H,2-4,9-10H2,1H3,(H3,23,24,25);1H. The van der Waals surface area contributed by atoms with Gasteiger partial charge < -0.3 is 20.5 Å². The molecule has 2 aromatic rings. The highest BCUT2D eigenvalue weighted by Crippen LogP contribution is 2.29. The molecule has 0 bridgehead atoms. The first-order chi connectivity index (χ1) is 13.0. The van der Waals surface area contributed by atoms with E-state index in [1.165, 1.54) is 30.7 Å². The molecule has 8 heteroatoms. The van der Waals surface area contributed by atoms with Crippen LogP contribution >= 0.6 is 24.0 Å². The molecule has 0 aromatic heterocycles. The lowest BCUT2D eigenvalue weighted by Gasteiger charge is -2.11. The van der Waals surface area contributed by atoms with Crippen LogP contribution in [0.25, 0.3) is 0 Å². The molecule has 0 radical (unpaired) electrons. The zero-order valence-electron chi connectivity index (χ0n) is 15.6. The molecule has 0 saturated heterocycles. The van der Waals surface area contributed by atoms with Crippen LogP contribution in [0.5, 0.6) is 11.5 Å². The van der Waals surface area contributed by atoms with Crippen LogP contribution in [-0.4, -0.2) is 26.2 Å². The second kappa shape index (κ2) is 10.4. The van der Waals surface area contributed by atoms with E-state index in [0.717, 1.165) is 24.1 Å². The van der Waals surface area contributed by atoms with Crippen molar-refractivity contribution in [1.29, 1.82) is 0 Å². The number of fused-ring (bicyclic) bond motifs is 1. The summed E-state index contributed by atoms with van der Waals surface area (Å²) in [6, 6.07) is 11.2. The van der Waals surface area contributed by atoms with Crippen molar-refractivity contribution in [3.05, 3.63) is 53.1 Å². The van der Waals surface area contributed by atoms with Crippen molar-refractivity contribution in [2.45, 2.75) is 32.3 Å². The third-order valence-corrected chi connectivity index (χ3v) is 4.50. The first kappa shape index (κ1) is 22.2. The largest absolute Gasteiger partial charge is 0.493 e. The maximum Gasteiger partial charge on any atom is 0.387 e. The number of hydrogen-bond acceptors (Lipinski definition) is 3. The smallest absolute Gasteiger partial charge is 0.387 e. The molecule has 5 nitrogen and oxygen atoms in total. The molecular formula is C20H24F2IN3O2. The van der Waals surface area contributed by atoms with E-state index in [2.05, 4.69) is 27.2 Å². The van der Waals surface area contributed by atoms with E-state index >= 15 is 0 Å². The average Bonchev–Trinajstić information content (AvgIpc) is 3.09. The Hall–Kier alpha value is -2.10. The van der Waals surface area contributed by atoms with E-state index in [1.54, 1.807) is 12.1 Å². The van der Waals surface area contributed by atoms with Crippen molar-refractivity contribution in [2.24, 2.45) is 10.7 Å². The molecule has 3 rings (SSSR count). The lowest BCUT2D eigenvalue weighted by atomic mass is 10.1. The summed E-state index contributed by atoms with van der Waals surface area (Å²) in [6.45, 7) is -2.48. The number of halogens is 3. The Morgan fingerprint density at radius 2 is 1.93 bits per heavy atom. The summed E-state index contributed by atoms with van der Waals surface area (Å²) < 4.78 is 34.5. The van der Waals surface area contributed by atoms with E-state index in [1.807, 2.05) is 6.07 Å². The number of hydrogen-bond donors (Lipinski definition) is 2. The molecule has 0 amide bonds. The van der Waals surface area contributed by atoms with Gasteiger partial charge in [-0.05, 0) is 66.6 Å². The van der Waals surface area contributed by atoms with Gasteiger partial charge in [0.15, 0.2) is 17.5 Å². The summed E-state index contributed by atoms with van der Waals surface area (Å²) in [5.41, 5.74) is 10.4. The predicted octanol–water partition coefficient (Wildman–Crippen LogP) is 4.37. The van der Waals surface area contributed by atoms with Crippen molar-refractivity contribution in [2.75, 3.05) is 19.0 Å². The number of methoxy groups -OCH3 is 1. The van der Waals surface area contributed by atoms with Crippen molar-refractivity contribution in [1.82, 2.24) is 0 Å². The van der Waals surface area contributed by atoms with E-state index in [4.69, 9.17) is 10.5 Å². The van der Waals surface area contributed by atoms with Crippen LogP contribution in [0.2, 0.25) is 0 Å². The van der Waals surface area contributed by atoms with Gasteiger partial charge in [-0.1, -0.05) is 12.1 Å². The van der Waals surface area contributed by atoms with E-state index in [9.17, 15) is 8.78 Å². The molecule has 0 atom stereocenters. The van der Waals surface area contributed by atoms with Crippen molar-refractivity contribution in [3.63, 3.8) is 0 Å². The number of nitrogens with two attached hydrogens (primary N) is 1. The number of ether oxygens (including phenoxy) is 2. The average molecular weight is 503 g/mol. The molecule has 28 heavy (non-hydrogen) atoms. The molecule has 0 unspecified atom stereocenters. The lowest BCUT2D eigenvalue weighted by molar-refractivity contribution is -0.0512. The number of aryl methyl sites for hydroxylation is 2. The summed E-state index contributed by atoms with van der Waals surface area (Å²) in [6.07, 6.45) is 3.97. The third kappa shape index (κ3) is 5.95. The molecule has 1 aliphatic carbocycles. The van der Waals surface area contributed by atoms with E-state index < -0.39 is 6.61 Å². The highest BCUT2D eigenvalue weighted by Gasteiger charge is 2.12. The second-order valence-corrected chi connectivity index (χ2v) is 6.34. The summed E-state index contributed by atoms with van der Waals surface area (Å²) in [7, 11) is 1.41. The molecule has 0 spiro atoms. The Morgan fingerprint density at radius 1 is 1.14 bits per heavy atom. The zero-order valence-corrected chi connectivity index (χ0v) is 17.9. The van der Waals surface area contributed by atoms with Crippen LogP contribution in [0.15, 0.2) is 41.4 Å². The highest BCUT2D eigenvalue weighted by molar-refractivity contribution is 14.0. The summed E-state index contributed by atoms with van der Waals surface area (Å²) in [4.78, 5) is 4.30. The van der Waals surface area contributed by atoms with Crippen LogP contribution in [-0.2, 0) is 19.3 Å². The summed E-state index contributed by atoms with van der Waals surface area (Å²) in [5.74, 6) is 0.601. The predicted molar refractivity (Wildman–Crippen MR) is 117 cm³/mol. The van der Waals surface area contributed by atoms with Gasteiger partial charge in [0.05, 0.1) is 7.11 Å². The van der Waals surface area contributed by atoms with Crippen molar-refractivity contribution < 1.29 is 18.3 Å². The van der Waals surface area contributed by atoms with Gasteiger partial charge in [-0.25, -0.2) is 0 Å². The van der Waals surface area contributed by atoms with Gasteiger partial charge in [0.2, 0.25) is 0 Å². The number of benzene rings is 2. The maximum absolute atomic E-state index is 12.5. The molecule has 2 aromatic carbocycles. The van der Waals surface area contributed by atoms with Crippen LogP contribution in [0, 0.1) is 0 Å². The first-order valence-electron chi connectivity index (χ1n) is 8.85. The number of rotatable bonds is 7. The van der Waals surface area contributed by atoms with Crippen LogP contribution in [0.1, 0.15) is 23.1 Å². The Bertz CT molecular complexity index is 831. The Morgan fingerprint density at radius 3 is 2.68 bits per heavy atom. The van der Waals surface area contributed by atoms with Gasteiger partial charge in [0, 0.05) is 12.2 Å². The quantitative estimate of drug-likeness (QED) is 0.335. The second-order valence-electron chi connectivity index (χ2n) is 6.34. The van der Waals surface area contributed by atoms with Gasteiger partial charge in [-0.3, -0.25) is 4.99 Å². The van der Waals surface area contributed by atoms with E-state index in [0.29, 0.717) is 18.9 Å². The number of aliphatic imine (C=N–C) groups is 1. The number of anilines is 1. The minimum Gasteiger partial charge on any atom is -0.493 e. The molecule has 0 aliphatic heterocycles. The molecule has 152 valence electrons. The van der Waals surface area contributed by atoms with Crippen LogP contribution in [0.3, 0.4) is 0 Å². The number of guanidine groups is 1. The summed E-state index contributed by atoms with van der Waals surface area (Å²) >= 11 is 0. The number of nitrogens with zero attached hydrogens (tertiary/aromatic N) is 1. The monoisotopic (exact) mass is 503 g/mol. The first-order valence-corrected chi connectivity index (χ1v) is 8.85. The molecular weight excluding hydrogens is 479 g/mol. The Balaban J connectivity index is 0.00000280. The SMILES string of the molecule is COc1ccc(CCN=C(N)Nc2ccc3c(c2)CCC3)cc1OC(F)F.I. The Labute approximate surface area is 180 Å². The minimum absolute atomic E-state index is 0. The fraction of sp³-hybridized carbons (Fsp3) is 0.350. The van der Waals surface area contributed by atoms with Crippen molar-refractivity contribution in [3.8, 4) is 11.5 Å². The van der Waals surface area contributed by atoms with Crippen molar-refractivity contribution >= 4 is 35.6 Å². The fourth-order valence-electron chi connectivity index (χ4n) is 3.21. The molecule has 0 fully saturated rings. The van der Waals surface area contributed by atoms with Crippen LogP contribution < -0.4 is 20.5 Å². The molecule has 0 saturated carbocycles.